The van der Waals surface area contributed by atoms with E-state index in [9.17, 15) is 4.79 Å². The maximum atomic E-state index is 13.1. The van der Waals surface area contributed by atoms with Crippen LogP contribution in [0.3, 0.4) is 0 Å². The molecule has 6 rings (SSSR count). The van der Waals surface area contributed by atoms with Crippen molar-refractivity contribution in [2.75, 3.05) is 6.61 Å². The highest BCUT2D eigenvalue weighted by atomic mass is 35.5. The van der Waals surface area contributed by atoms with E-state index >= 15 is 0 Å². The first-order valence-electron chi connectivity index (χ1n) is 11.2. The largest absolute Gasteiger partial charge is 0.494 e. The van der Waals surface area contributed by atoms with E-state index in [1.54, 1.807) is 11.3 Å². The maximum Gasteiger partial charge on any atom is 0.259 e. The van der Waals surface area contributed by atoms with Crippen LogP contribution in [0, 0.1) is 0 Å². The zero-order chi connectivity index (χ0) is 22.2. The third kappa shape index (κ3) is 4.54. The Morgan fingerprint density at radius 3 is 2.79 bits per heavy atom. The van der Waals surface area contributed by atoms with Crippen molar-refractivity contribution in [3.8, 4) is 17.3 Å². The van der Waals surface area contributed by atoms with Crippen molar-refractivity contribution in [2.45, 2.75) is 31.6 Å². The molecule has 0 bridgehead atoms. The van der Waals surface area contributed by atoms with E-state index in [1.165, 1.54) is 5.56 Å². The van der Waals surface area contributed by atoms with Crippen molar-refractivity contribution in [3.05, 3.63) is 81.8 Å². The van der Waals surface area contributed by atoms with Crippen LogP contribution in [0.5, 0.6) is 5.75 Å². The lowest BCUT2D eigenvalue weighted by molar-refractivity contribution is 0.311. The van der Waals surface area contributed by atoms with Crippen molar-refractivity contribution >= 4 is 44.7 Å². The third-order valence-corrected chi connectivity index (χ3v) is 6.91. The van der Waals surface area contributed by atoms with Crippen LogP contribution >= 0.6 is 23.7 Å². The lowest BCUT2D eigenvalue weighted by Gasteiger charge is -2.12. The average Bonchev–Trinajstić information content (AvgIpc) is 3.58. The van der Waals surface area contributed by atoms with Gasteiger partial charge in [-0.05, 0) is 89.9 Å². The summed E-state index contributed by atoms with van der Waals surface area (Å²) in [5, 5.41) is 3.71. The van der Waals surface area contributed by atoms with Crippen LogP contribution in [-0.4, -0.2) is 26.5 Å². The quantitative estimate of drug-likeness (QED) is 0.287. The van der Waals surface area contributed by atoms with Crippen molar-refractivity contribution in [1.29, 1.82) is 0 Å². The molecule has 0 amide bonds. The highest BCUT2D eigenvalue weighted by Gasteiger charge is 2.28. The smallest absolute Gasteiger partial charge is 0.259 e. The molecule has 1 aliphatic rings. The zero-order valence-corrected chi connectivity index (χ0v) is 20.0. The van der Waals surface area contributed by atoms with E-state index in [2.05, 4.69) is 27.1 Å². The second-order valence-electron chi connectivity index (χ2n) is 8.43. The molecule has 0 aliphatic heterocycles. The molecule has 4 aromatic heterocycles. The van der Waals surface area contributed by atoms with Crippen LogP contribution in [0.15, 0.2) is 65.2 Å². The molecular formula is C26H23ClN4O2S. The maximum absolute atomic E-state index is 13.1. The summed E-state index contributed by atoms with van der Waals surface area (Å²) in [5.41, 5.74) is 3.62. The van der Waals surface area contributed by atoms with Crippen molar-refractivity contribution in [3.63, 3.8) is 0 Å². The van der Waals surface area contributed by atoms with E-state index in [1.807, 2.05) is 48.2 Å². The Morgan fingerprint density at radius 1 is 1.12 bits per heavy atom. The van der Waals surface area contributed by atoms with E-state index in [4.69, 9.17) is 9.72 Å². The van der Waals surface area contributed by atoms with Crippen LogP contribution in [0.25, 0.3) is 32.5 Å². The van der Waals surface area contributed by atoms with Gasteiger partial charge in [0.2, 0.25) is 0 Å². The third-order valence-electron chi connectivity index (χ3n) is 6.04. The van der Waals surface area contributed by atoms with Crippen LogP contribution in [0.1, 0.15) is 36.3 Å². The number of ether oxygens (including phenoxy) is 1. The first-order valence-corrected chi connectivity index (χ1v) is 12.1. The Hall–Kier alpha value is -3.29. The Bertz CT molecular complexity index is 1510. The molecule has 6 nitrogen and oxygen atoms in total. The summed E-state index contributed by atoms with van der Waals surface area (Å²) >= 11 is 1.65. The Labute approximate surface area is 206 Å². The number of nitrogens with one attached hydrogen (secondary N) is 1. The number of aryl methyl sites for hydroxylation is 1. The molecule has 4 heterocycles. The molecule has 0 saturated heterocycles. The van der Waals surface area contributed by atoms with Crippen LogP contribution in [0.2, 0.25) is 0 Å². The highest BCUT2D eigenvalue weighted by molar-refractivity contribution is 7.17. The molecule has 5 aromatic rings. The van der Waals surface area contributed by atoms with Gasteiger partial charge < -0.3 is 9.72 Å². The summed E-state index contributed by atoms with van der Waals surface area (Å²) in [6, 6.07) is 12.0. The number of rotatable bonds is 7. The van der Waals surface area contributed by atoms with Gasteiger partial charge in [0.05, 0.1) is 22.2 Å². The molecule has 1 fully saturated rings. The van der Waals surface area contributed by atoms with Gasteiger partial charge in [0, 0.05) is 18.6 Å². The second kappa shape index (κ2) is 9.52. The van der Waals surface area contributed by atoms with Gasteiger partial charge in [0.15, 0.2) is 5.82 Å². The molecule has 172 valence electrons. The van der Waals surface area contributed by atoms with Gasteiger partial charge in [-0.3, -0.25) is 14.8 Å². The predicted octanol–water partition coefficient (Wildman–Crippen LogP) is 5.91. The number of hydrogen-bond donors (Lipinski definition) is 1. The van der Waals surface area contributed by atoms with Gasteiger partial charge in [-0.15, -0.1) is 23.7 Å². The van der Waals surface area contributed by atoms with Gasteiger partial charge in [-0.2, -0.15) is 0 Å². The van der Waals surface area contributed by atoms with E-state index in [0.717, 1.165) is 52.6 Å². The zero-order valence-electron chi connectivity index (χ0n) is 18.4. The van der Waals surface area contributed by atoms with Gasteiger partial charge in [-0.25, -0.2) is 4.98 Å². The van der Waals surface area contributed by atoms with E-state index in [-0.39, 0.29) is 18.0 Å². The first-order chi connectivity index (χ1) is 16.2. The molecule has 34 heavy (non-hydrogen) atoms. The minimum absolute atomic E-state index is 0. The molecule has 0 spiro atoms. The van der Waals surface area contributed by atoms with Crippen molar-refractivity contribution in [2.24, 2.45) is 0 Å². The van der Waals surface area contributed by atoms with Gasteiger partial charge in [-0.1, -0.05) is 0 Å². The number of aromatic amines is 1. The number of fused-ring (bicyclic) bond motifs is 2. The number of benzene rings is 1. The predicted molar refractivity (Wildman–Crippen MR) is 138 cm³/mol. The van der Waals surface area contributed by atoms with Crippen molar-refractivity contribution in [1.82, 2.24) is 19.9 Å². The topological polar surface area (TPSA) is 80.8 Å². The Kier molecular flexibility index (Phi) is 6.30. The minimum atomic E-state index is -0.161. The Balaban J connectivity index is 0.00000241. The molecule has 1 saturated carbocycles. The SMILES string of the molecule is Cl.O=c1[nH]c(-c2cc3ccsc3cn2)nc2c(C3CC3)cc(OCCCc3ccncc3)cc12. The monoisotopic (exact) mass is 490 g/mol. The van der Waals surface area contributed by atoms with Gasteiger partial charge in [0.25, 0.3) is 5.56 Å². The summed E-state index contributed by atoms with van der Waals surface area (Å²) in [7, 11) is 0. The fraction of sp³-hybridized carbons (Fsp3) is 0.231. The number of aromatic nitrogens is 4. The Morgan fingerprint density at radius 2 is 1.97 bits per heavy atom. The summed E-state index contributed by atoms with van der Waals surface area (Å²) < 4.78 is 7.17. The molecule has 1 aliphatic carbocycles. The van der Waals surface area contributed by atoms with Crippen LogP contribution < -0.4 is 10.3 Å². The summed E-state index contributed by atoms with van der Waals surface area (Å²) in [6.07, 6.45) is 9.51. The standard InChI is InChI=1S/C26H22N4O2S.ClH/c31-26-21-14-19(32-10-1-2-16-5-8-27-9-6-16)13-20(17-3-4-17)24(21)29-25(30-26)22-12-18-7-11-33-23(18)15-28-22;/h5-9,11-15,17H,1-4,10H2,(H,29,30,31);1H. The lowest BCUT2D eigenvalue weighted by atomic mass is 10.1. The number of H-pyrrole nitrogens is 1. The number of pyridine rings is 2. The van der Waals surface area contributed by atoms with E-state index < -0.39 is 0 Å². The molecule has 8 heteroatoms. The number of hydrogen-bond acceptors (Lipinski definition) is 6. The molecule has 0 radical (unpaired) electrons. The molecule has 1 aromatic carbocycles. The van der Waals surface area contributed by atoms with Gasteiger partial charge >= 0.3 is 0 Å². The molecule has 0 atom stereocenters. The summed E-state index contributed by atoms with van der Waals surface area (Å²) in [4.78, 5) is 29.4. The molecule has 1 N–H and O–H groups in total. The number of thiophene rings is 1. The fourth-order valence-corrected chi connectivity index (χ4v) is 4.90. The average molecular weight is 491 g/mol. The lowest BCUT2D eigenvalue weighted by Crippen LogP contribution is -2.12. The summed E-state index contributed by atoms with van der Waals surface area (Å²) in [6.45, 7) is 0.589. The summed E-state index contributed by atoms with van der Waals surface area (Å²) in [5.74, 6) is 1.67. The minimum Gasteiger partial charge on any atom is -0.494 e. The fourth-order valence-electron chi connectivity index (χ4n) is 4.17. The normalized spacial score (nSPS) is 13.2. The highest BCUT2D eigenvalue weighted by Crippen LogP contribution is 2.44. The van der Waals surface area contributed by atoms with Gasteiger partial charge in [0.1, 0.15) is 11.4 Å². The van der Waals surface area contributed by atoms with E-state index in [0.29, 0.717) is 29.4 Å². The van der Waals surface area contributed by atoms with Crippen LogP contribution in [0.4, 0.5) is 0 Å². The first kappa shape index (κ1) is 22.5. The number of halogens is 1. The number of nitrogens with zero attached hydrogens (tertiary/aromatic N) is 3. The molecular weight excluding hydrogens is 468 g/mol. The van der Waals surface area contributed by atoms with Crippen LogP contribution in [-0.2, 0) is 6.42 Å². The molecule has 0 unspecified atom stereocenters. The second-order valence-corrected chi connectivity index (χ2v) is 9.38. The van der Waals surface area contributed by atoms with Crippen molar-refractivity contribution < 1.29 is 4.74 Å².